The van der Waals surface area contributed by atoms with Crippen molar-refractivity contribution in [2.75, 3.05) is 17.7 Å². The second kappa shape index (κ2) is 7.29. The highest BCUT2D eigenvalue weighted by Crippen LogP contribution is 2.41. The number of carbonyl (C=O) groups is 1. The van der Waals surface area contributed by atoms with Crippen molar-refractivity contribution in [2.24, 2.45) is 0 Å². The summed E-state index contributed by atoms with van der Waals surface area (Å²) in [6, 6.07) is 14.0. The van der Waals surface area contributed by atoms with Crippen molar-refractivity contribution in [1.29, 1.82) is 0 Å². The third-order valence-electron chi connectivity index (χ3n) is 4.36. The van der Waals surface area contributed by atoms with Crippen LogP contribution in [0.1, 0.15) is 18.9 Å². The predicted molar refractivity (Wildman–Crippen MR) is 102 cm³/mol. The summed E-state index contributed by atoms with van der Waals surface area (Å²) in [5.41, 5.74) is 1.89. The van der Waals surface area contributed by atoms with E-state index in [-0.39, 0.29) is 5.91 Å². The van der Waals surface area contributed by atoms with Gasteiger partial charge in [-0.25, -0.2) is 0 Å². The first-order valence-electron chi connectivity index (χ1n) is 8.54. The molecule has 1 aliphatic rings. The summed E-state index contributed by atoms with van der Waals surface area (Å²) in [6.45, 7) is 0. The second-order valence-electron chi connectivity index (χ2n) is 6.22. The van der Waals surface area contributed by atoms with Crippen molar-refractivity contribution in [2.45, 2.75) is 24.0 Å². The first-order valence-corrected chi connectivity index (χ1v) is 9.52. The monoisotopic (exact) mass is 365 g/mol. The number of rotatable bonds is 6. The van der Waals surface area contributed by atoms with E-state index < -0.39 is 0 Å². The number of amides is 1. The molecule has 2 heterocycles. The average Bonchev–Trinajstić information content (AvgIpc) is 3.45. The second-order valence-corrected chi connectivity index (χ2v) is 7.16. The summed E-state index contributed by atoms with van der Waals surface area (Å²) in [5.74, 6) is 1.21. The van der Waals surface area contributed by atoms with Gasteiger partial charge >= 0.3 is 0 Å². The summed E-state index contributed by atoms with van der Waals surface area (Å²) in [5, 5.41) is 9.51. The smallest absolute Gasteiger partial charge is 0.237 e. The van der Waals surface area contributed by atoms with Crippen LogP contribution < -0.4 is 4.90 Å². The van der Waals surface area contributed by atoms with E-state index in [9.17, 15) is 4.79 Å². The van der Waals surface area contributed by atoms with Gasteiger partial charge < -0.3 is 4.90 Å². The molecule has 7 heteroatoms. The Labute approximate surface area is 156 Å². The Bertz CT molecular complexity index is 893. The highest BCUT2D eigenvalue weighted by molar-refractivity contribution is 7.99. The molecule has 0 spiro atoms. The molecule has 0 atom stereocenters. The SMILES string of the molecule is CN(C(=O)CSc1nnc(-c2ccncc2)n1C1CC1)c1ccccc1. The highest BCUT2D eigenvalue weighted by Gasteiger charge is 2.30. The minimum atomic E-state index is 0.0389. The molecule has 1 saturated carbocycles. The lowest BCUT2D eigenvalue weighted by molar-refractivity contribution is -0.115. The molecule has 0 saturated heterocycles. The van der Waals surface area contributed by atoms with Crippen LogP contribution in [0.4, 0.5) is 5.69 Å². The molecular formula is C19H19N5OS. The molecule has 1 amide bonds. The third kappa shape index (κ3) is 3.48. The van der Waals surface area contributed by atoms with Gasteiger partial charge in [-0.1, -0.05) is 30.0 Å². The van der Waals surface area contributed by atoms with Gasteiger partial charge in [-0.2, -0.15) is 0 Å². The summed E-state index contributed by atoms with van der Waals surface area (Å²) < 4.78 is 2.16. The minimum absolute atomic E-state index is 0.0389. The molecule has 0 N–H and O–H groups in total. The average molecular weight is 365 g/mol. The zero-order valence-corrected chi connectivity index (χ0v) is 15.3. The molecule has 0 bridgehead atoms. The van der Waals surface area contributed by atoms with Crippen molar-refractivity contribution in [3.05, 3.63) is 54.9 Å². The van der Waals surface area contributed by atoms with E-state index in [1.807, 2.05) is 42.5 Å². The summed E-state index contributed by atoms with van der Waals surface area (Å²) in [7, 11) is 1.80. The maximum Gasteiger partial charge on any atom is 0.237 e. The Morgan fingerprint density at radius 2 is 1.88 bits per heavy atom. The van der Waals surface area contributed by atoms with Gasteiger partial charge in [0.2, 0.25) is 5.91 Å². The van der Waals surface area contributed by atoms with Crippen LogP contribution >= 0.6 is 11.8 Å². The minimum Gasteiger partial charge on any atom is -0.315 e. The molecule has 132 valence electrons. The van der Waals surface area contributed by atoms with Gasteiger partial charge in [0.1, 0.15) is 0 Å². The normalized spacial score (nSPS) is 13.6. The Balaban J connectivity index is 1.50. The first-order chi connectivity index (χ1) is 12.7. The molecule has 1 fully saturated rings. The van der Waals surface area contributed by atoms with Crippen molar-refractivity contribution < 1.29 is 4.79 Å². The molecule has 3 aromatic rings. The largest absolute Gasteiger partial charge is 0.315 e. The predicted octanol–water partition coefficient (Wildman–Crippen LogP) is 3.43. The molecule has 2 aromatic heterocycles. The molecule has 4 rings (SSSR count). The zero-order valence-electron chi connectivity index (χ0n) is 14.4. The van der Waals surface area contributed by atoms with E-state index in [4.69, 9.17) is 0 Å². The number of benzene rings is 1. The number of pyridine rings is 1. The van der Waals surface area contributed by atoms with Crippen molar-refractivity contribution in [3.8, 4) is 11.4 Å². The lowest BCUT2D eigenvalue weighted by atomic mass is 10.2. The van der Waals surface area contributed by atoms with Crippen molar-refractivity contribution >= 4 is 23.4 Å². The van der Waals surface area contributed by atoms with Gasteiger partial charge in [0.15, 0.2) is 11.0 Å². The molecule has 0 aliphatic heterocycles. The Morgan fingerprint density at radius 1 is 1.15 bits per heavy atom. The summed E-state index contributed by atoms with van der Waals surface area (Å²) >= 11 is 1.44. The highest BCUT2D eigenvalue weighted by atomic mass is 32.2. The number of nitrogens with zero attached hydrogens (tertiary/aromatic N) is 5. The number of aromatic nitrogens is 4. The fraction of sp³-hybridized carbons (Fsp3) is 0.263. The number of hydrogen-bond donors (Lipinski definition) is 0. The molecule has 26 heavy (non-hydrogen) atoms. The molecule has 6 nitrogen and oxygen atoms in total. The molecular weight excluding hydrogens is 346 g/mol. The van der Waals surface area contributed by atoms with E-state index in [0.717, 1.165) is 35.1 Å². The first kappa shape index (κ1) is 16.8. The van der Waals surface area contributed by atoms with Crippen LogP contribution in [0.15, 0.2) is 60.0 Å². The topological polar surface area (TPSA) is 63.9 Å². The number of hydrogen-bond acceptors (Lipinski definition) is 5. The number of anilines is 1. The number of carbonyl (C=O) groups excluding carboxylic acids is 1. The zero-order chi connectivity index (χ0) is 17.9. The van der Waals surface area contributed by atoms with E-state index in [2.05, 4.69) is 19.7 Å². The summed E-state index contributed by atoms with van der Waals surface area (Å²) in [6.07, 6.45) is 5.77. The third-order valence-corrected chi connectivity index (χ3v) is 5.29. The van der Waals surface area contributed by atoms with Crippen molar-refractivity contribution in [3.63, 3.8) is 0 Å². The number of thioether (sulfide) groups is 1. The lowest BCUT2D eigenvalue weighted by Gasteiger charge is -2.17. The maximum atomic E-state index is 12.5. The van der Waals surface area contributed by atoms with Crippen LogP contribution in [0.25, 0.3) is 11.4 Å². The standard InChI is InChI=1S/C19H19N5OS/c1-23(15-5-3-2-4-6-15)17(25)13-26-19-22-21-18(24(19)16-7-8-16)14-9-11-20-12-10-14/h2-6,9-12,16H,7-8,13H2,1H3. The molecule has 0 unspecified atom stereocenters. The van der Waals surface area contributed by atoms with E-state index in [0.29, 0.717) is 11.8 Å². The van der Waals surface area contributed by atoms with E-state index in [1.54, 1.807) is 24.3 Å². The van der Waals surface area contributed by atoms with Gasteiger partial charge in [-0.3, -0.25) is 14.3 Å². The molecule has 1 aromatic carbocycles. The maximum absolute atomic E-state index is 12.5. The lowest BCUT2D eigenvalue weighted by Crippen LogP contribution is -2.27. The van der Waals surface area contributed by atoms with Gasteiger partial charge in [0, 0.05) is 36.7 Å². The number of para-hydroxylation sites is 1. The Hall–Kier alpha value is -2.67. The Morgan fingerprint density at radius 3 is 2.58 bits per heavy atom. The van der Waals surface area contributed by atoms with Crippen LogP contribution in [0, 0.1) is 0 Å². The van der Waals surface area contributed by atoms with Gasteiger partial charge in [0.05, 0.1) is 5.75 Å². The molecule has 0 radical (unpaired) electrons. The van der Waals surface area contributed by atoms with Crippen LogP contribution in [0.3, 0.4) is 0 Å². The van der Waals surface area contributed by atoms with Gasteiger partial charge in [0.25, 0.3) is 0 Å². The van der Waals surface area contributed by atoms with Crippen LogP contribution in [-0.2, 0) is 4.79 Å². The van der Waals surface area contributed by atoms with Crippen molar-refractivity contribution in [1.82, 2.24) is 19.7 Å². The quantitative estimate of drug-likeness (QED) is 0.626. The molecule has 1 aliphatic carbocycles. The Kier molecular flexibility index (Phi) is 4.71. The van der Waals surface area contributed by atoms with Crippen LogP contribution in [-0.4, -0.2) is 38.5 Å². The van der Waals surface area contributed by atoms with E-state index in [1.165, 1.54) is 11.8 Å². The van der Waals surface area contributed by atoms with Gasteiger partial charge in [-0.05, 0) is 37.1 Å². The summed E-state index contributed by atoms with van der Waals surface area (Å²) in [4.78, 5) is 18.3. The van der Waals surface area contributed by atoms with Crippen LogP contribution in [0.5, 0.6) is 0 Å². The van der Waals surface area contributed by atoms with E-state index >= 15 is 0 Å². The fourth-order valence-electron chi connectivity index (χ4n) is 2.75. The van der Waals surface area contributed by atoms with Crippen LogP contribution in [0.2, 0.25) is 0 Å². The van der Waals surface area contributed by atoms with Gasteiger partial charge in [-0.15, -0.1) is 10.2 Å². The fourth-order valence-corrected chi connectivity index (χ4v) is 3.67.